The molecule has 0 spiro atoms. The SMILES string of the molecule is CC(=O)Nc1ccc(NS(=O)(=O)c2ccc3c(c2)C[C@@H](C)N3C(C)=O)cc1. The van der Waals surface area contributed by atoms with E-state index in [1.807, 2.05) is 6.92 Å². The molecule has 2 N–H and O–H groups in total. The van der Waals surface area contributed by atoms with E-state index in [2.05, 4.69) is 10.0 Å². The maximum atomic E-state index is 12.7. The predicted molar refractivity (Wildman–Crippen MR) is 104 cm³/mol. The van der Waals surface area contributed by atoms with Crippen molar-refractivity contribution >= 4 is 38.9 Å². The molecule has 3 rings (SSSR count). The molecule has 0 aromatic heterocycles. The minimum Gasteiger partial charge on any atom is -0.326 e. The number of hydrogen-bond acceptors (Lipinski definition) is 4. The maximum Gasteiger partial charge on any atom is 0.261 e. The van der Waals surface area contributed by atoms with Gasteiger partial charge in [0.1, 0.15) is 0 Å². The lowest BCUT2D eigenvalue weighted by Gasteiger charge is -2.20. The molecule has 1 heterocycles. The van der Waals surface area contributed by atoms with Crippen molar-refractivity contribution in [2.75, 3.05) is 14.9 Å². The molecular weight excluding hydrogens is 366 g/mol. The van der Waals surface area contributed by atoms with E-state index in [0.717, 1.165) is 11.3 Å². The Morgan fingerprint density at radius 2 is 1.67 bits per heavy atom. The van der Waals surface area contributed by atoms with Crippen LogP contribution >= 0.6 is 0 Å². The van der Waals surface area contributed by atoms with E-state index in [0.29, 0.717) is 17.8 Å². The maximum absolute atomic E-state index is 12.7. The summed E-state index contributed by atoms with van der Waals surface area (Å²) < 4.78 is 27.9. The Kier molecular flexibility index (Phi) is 4.93. The minimum atomic E-state index is -3.77. The molecule has 0 saturated heterocycles. The average Bonchev–Trinajstić information content (AvgIpc) is 2.91. The van der Waals surface area contributed by atoms with E-state index in [4.69, 9.17) is 0 Å². The summed E-state index contributed by atoms with van der Waals surface area (Å²) in [5.41, 5.74) is 2.57. The molecule has 142 valence electrons. The molecule has 2 amide bonds. The molecule has 0 aliphatic carbocycles. The lowest BCUT2D eigenvalue weighted by Crippen LogP contribution is -2.33. The fourth-order valence-corrected chi connectivity index (χ4v) is 4.40. The Morgan fingerprint density at radius 3 is 2.26 bits per heavy atom. The van der Waals surface area contributed by atoms with E-state index in [1.54, 1.807) is 41.3 Å². The summed E-state index contributed by atoms with van der Waals surface area (Å²) in [5.74, 6) is -0.260. The summed E-state index contributed by atoms with van der Waals surface area (Å²) in [6.45, 7) is 4.84. The van der Waals surface area contributed by atoms with Gasteiger partial charge in [-0.15, -0.1) is 0 Å². The van der Waals surface area contributed by atoms with Gasteiger partial charge >= 0.3 is 0 Å². The van der Waals surface area contributed by atoms with Gasteiger partial charge < -0.3 is 10.2 Å². The van der Waals surface area contributed by atoms with Crippen molar-refractivity contribution in [3.05, 3.63) is 48.0 Å². The first kappa shape index (κ1) is 18.9. The molecule has 0 fully saturated rings. The van der Waals surface area contributed by atoms with Gasteiger partial charge in [0.25, 0.3) is 10.0 Å². The highest BCUT2D eigenvalue weighted by molar-refractivity contribution is 7.92. The van der Waals surface area contributed by atoms with Gasteiger partial charge in [-0.2, -0.15) is 0 Å². The van der Waals surface area contributed by atoms with Crippen LogP contribution in [-0.2, 0) is 26.0 Å². The van der Waals surface area contributed by atoms with Crippen molar-refractivity contribution in [3.63, 3.8) is 0 Å². The molecule has 7 nitrogen and oxygen atoms in total. The molecule has 27 heavy (non-hydrogen) atoms. The molecule has 0 unspecified atom stereocenters. The summed E-state index contributed by atoms with van der Waals surface area (Å²) in [5, 5.41) is 2.62. The molecule has 1 atom stereocenters. The van der Waals surface area contributed by atoms with Crippen LogP contribution in [-0.4, -0.2) is 26.3 Å². The third-order valence-electron chi connectivity index (χ3n) is 4.37. The molecule has 1 aliphatic rings. The van der Waals surface area contributed by atoms with Crippen molar-refractivity contribution < 1.29 is 18.0 Å². The van der Waals surface area contributed by atoms with Gasteiger partial charge in [-0.3, -0.25) is 14.3 Å². The van der Waals surface area contributed by atoms with Crippen LogP contribution in [0.2, 0.25) is 0 Å². The Bertz CT molecular complexity index is 1000. The molecule has 8 heteroatoms. The molecule has 2 aromatic rings. The van der Waals surface area contributed by atoms with E-state index in [-0.39, 0.29) is 22.8 Å². The predicted octanol–water partition coefficient (Wildman–Crippen LogP) is 2.74. The third kappa shape index (κ3) is 3.95. The lowest BCUT2D eigenvalue weighted by atomic mass is 10.1. The van der Waals surface area contributed by atoms with Gasteiger partial charge in [-0.05, 0) is 61.4 Å². The lowest BCUT2D eigenvalue weighted by molar-refractivity contribution is -0.117. The monoisotopic (exact) mass is 387 g/mol. The van der Waals surface area contributed by atoms with Gasteiger partial charge in [0.15, 0.2) is 0 Å². The highest BCUT2D eigenvalue weighted by Gasteiger charge is 2.30. The van der Waals surface area contributed by atoms with Crippen molar-refractivity contribution in [2.45, 2.75) is 38.1 Å². The van der Waals surface area contributed by atoms with Crippen LogP contribution in [0.1, 0.15) is 26.3 Å². The van der Waals surface area contributed by atoms with Crippen LogP contribution in [0, 0.1) is 0 Å². The molecule has 0 bridgehead atoms. The van der Waals surface area contributed by atoms with Gasteiger partial charge in [0.05, 0.1) is 4.90 Å². The van der Waals surface area contributed by atoms with E-state index in [1.165, 1.54) is 19.9 Å². The van der Waals surface area contributed by atoms with Crippen LogP contribution in [0.15, 0.2) is 47.4 Å². The second kappa shape index (κ2) is 7.03. The number of rotatable bonds is 4. The number of fused-ring (bicyclic) bond motifs is 1. The highest BCUT2D eigenvalue weighted by atomic mass is 32.2. The number of carbonyl (C=O) groups excluding carboxylic acids is 2. The van der Waals surface area contributed by atoms with E-state index < -0.39 is 10.0 Å². The zero-order valence-electron chi connectivity index (χ0n) is 15.3. The number of anilines is 3. The molecular formula is C19H21N3O4S. The van der Waals surface area contributed by atoms with Crippen LogP contribution in [0.5, 0.6) is 0 Å². The summed E-state index contributed by atoms with van der Waals surface area (Å²) in [7, 11) is -3.77. The summed E-state index contributed by atoms with van der Waals surface area (Å²) >= 11 is 0. The summed E-state index contributed by atoms with van der Waals surface area (Å²) in [6.07, 6.45) is 0.615. The van der Waals surface area contributed by atoms with Gasteiger partial charge in [0.2, 0.25) is 11.8 Å². The van der Waals surface area contributed by atoms with Crippen LogP contribution < -0.4 is 14.9 Å². The van der Waals surface area contributed by atoms with E-state index >= 15 is 0 Å². The fourth-order valence-electron chi connectivity index (χ4n) is 3.29. The first-order valence-corrected chi connectivity index (χ1v) is 9.99. The summed E-state index contributed by atoms with van der Waals surface area (Å²) in [6, 6.07) is 11.2. The smallest absolute Gasteiger partial charge is 0.261 e. The third-order valence-corrected chi connectivity index (χ3v) is 5.75. The number of carbonyl (C=O) groups is 2. The van der Waals surface area contributed by atoms with Crippen molar-refractivity contribution in [1.29, 1.82) is 0 Å². The van der Waals surface area contributed by atoms with Crippen LogP contribution in [0.3, 0.4) is 0 Å². The first-order valence-electron chi connectivity index (χ1n) is 8.50. The topological polar surface area (TPSA) is 95.6 Å². The highest BCUT2D eigenvalue weighted by Crippen LogP contribution is 2.34. The Hall–Kier alpha value is -2.87. The number of sulfonamides is 1. The standard InChI is InChI=1S/C19H21N3O4S/c1-12-10-15-11-18(8-9-19(15)22(12)14(3)24)27(25,26)21-17-6-4-16(5-7-17)20-13(2)23/h4-9,11-12,21H,10H2,1-3H3,(H,20,23)/t12-/m1/s1. The van der Waals surface area contributed by atoms with E-state index in [9.17, 15) is 18.0 Å². The zero-order chi connectivity index (χ0) is 19.8. The molecule has 0 saturated carbocycles. The van der Waals surface area contributed by atoms with Gasteiger partial charge in [-0.1, -0.05) is 0 Å². The number of hydrogen-bond donors (Lipinski definition) is 2. The Morgan fingerprint density at radius 1 is 1.04 bits per heavy atom. The minimum absolute atomic E-state index is 0.00438. The molecule has 0 radical (unpaired) electrons. The average molecular weight is 387 g/mol. The van der Waals surface area contributed by atoms with Crippen LogP contribution in [0.25, 0.3) is 0 Å². The Labute approximate surface area is 158 Å². The zero-order valence-corrected chi connectivity index (χ0v) is 16.1. The van der Waals surface area contributed by atoms with Crippen molar-refractivity contribution in [3.8, 4) is 0 Å². The van der Waals surface area contributed by atoms with Crippen molar-refractivity contribution in [1.82, 2.24) is 0 Å². The second-order valence-corrected chi connectivity index (χ2v) is 8.28. The summed E-state index contributed by atoms with van der Waals surface area (Å²) in [4.78, 5) is 24.7. The fraction of sp³-hybridized carbons (Fsp3) is 0.263. The normalized spacial score (nSPS) is 16.0. The van der Waals surface area contributed by atoms with Crippen molar-refractivity contribution in [2.24, 2.45) is 0 Å². The number of benzene rings is 2. The quantitative estimate of drug-likeness (QED) is 0.843. The number of amides is 2. The largest absolute Gasteiger partial charge is 0.326 e. The first-order chi connectivity index (χ1) is 12.7. The Balaban J connectivity index is 1.83. The molecule has 1 aliphatic heterocycles. The van der Waals surface area contributed by atoms with Crippen LogP contribution in [0.4, 0.5) is 17.1 Å². The van der Waals surface area contributed by atoms with Gasteiger partial charge in [0, 0.05) is 37.0 Å². The second-order valence-electron chi connectivity index (χ2n) is 6.60. The van der Waals surface area contributed by atoms with Gasteiger partial charge in [-0.25, -0.2) is 8.42 Å². The molecule has 2 aromatic carbocycles. The number of nitrogens with one attached hydrogen (secondary N) is 2. The number of nitrogens with zero attached hydrogens (tertiary/aromatic N) is 1.